The van der Waals surface area contributed by atoms with E-state index in [4.69, 9.17) is 23.2 Å². The average molecular weight is 558 g/mol. The lowest BCUT2D eigenvalue weighted by molar-refractivity contribution is -0.134. The highest BCUT2D eigenvalue weighted by Crippen LogP contribution is 2.38. The summed E-state index contributed by atoms with van der Waals surface area (Å²) in [6, 6.07) is 15.4. The van der Waals surface area contributed by atoms with Gasteiger partial charge in [0.25, 0.3) is 5.91 Å². The van der Waals surface area contributed by atoms with E-state index < -0.39 is 0 Å². The number of amides is 2. The SMILES string of the molecule is CC(C)CN(CC(=O)N1CCc2sccc2C1c1ccc(C(C)(C)C)cc1)C(=O)c1ccc(Cl)cc1Cl. The second-order valence-electron chi connectivity index (χ2n) is 11.1. The normalized spacial score (nSPS) is 15.6. The van der Waals surface area contributed by atoms with Gasteiger partial charge >= 0.3 is 0 Å². The summed E-state index contributed by atoms with van der Waals surface area (Å²) < 4.78 is 0. The first-order valence-electron chi connectivity index (χ1n) is 12.7. The van der Waals surface area contributed by atoms with E-state index in [2.05, 4.69) is 56.5 Å². The predicted molar refractivity (Wildman–Crippen MR) is 154 cm³/mol. The Kier molecular flexibility index (Phi) is 8.37. The first-order valence-corrected chi connectivity index (χ1v) is 14.3. The molecular formula is C30H34Cl2N2O2S. The highest BCUT2D eigenvalue weighted by atomic mass is 35.5. The Balaban J connectivity index is 1.64. The van der Waals surface area contributed by atoms with Crippen LogP contribution in [0, 0.1) is 5.92 Å². The summed E-state index contributed by atoms with van der Waals surface area (Å²) in [6.07, 6.45) is 0.816. The maximum atomic E-state index is 13.9. The minimum Gasteiger partial charge on any atom is -0.330 e. The third-order valence-electron chi connectivity index (χ3n) is 6.74. The smallest absolute Gasteiger partial charge is 0.255 e. The molecule has 0 radical (unpaired) electrons. The van der Waals surface area contributed by atoms with Crippen LogP contribution in [-0.2, 0) is 16.6 Å². The van der Waals surface area contributed by atoms with E-state index in [1.54, 1.807) is 34.4 Å². The standard InChI is InChI=1S/C30H34Cl2N2O2S/c1-19(2)17-33(29(36)23-11-10-22(31)16-25(23)32)18-27(35)34-14-12-26-24(13-15-37-26)28(34)20-6-8-21(9-7-20)30(3,4)5/h6-11,13,15-16,19,28H,12,14,17-18H2,1-5H3. The maximum Gasteiger partial charge on any atom is 0.255 e. The molecule has 7 heteroatoms. The Morgan fingerprint density at radius 3 is 2.41 bits per heavy atom. The molecule has 4 nitrogen and oxygen atoms in total. The number of nitrogens with zero attached hydrogens (tertiary/aromatic N) is 2. The summed E-state index contributed by atoms with van der Waals surface area (Å²) >= 11 is 14.1. The second-order valence-corrected chi connectivity index (χ2v) is 13.0. The van der Waals surface area contributed by atoms with E-state index in [-0.39, 0.29) is 40.8 Å². The Labute approximate surface area is 234 Å². The van der Waals surface area contributed by atoms with Crippen LogP contribution in [0.25, 0.3) is 0 Å². The van der Waals surface area contributed by atoms with Gasteiger partial charge in [0.1, 0.15) is 6.54 Å². The molecule has 2 amide bonds. The largest absolute Gasteiger partial charge is 0.330 e. The molecule has 4 rings (SSSR count). The average Bonchev–Trinajstić information content (AvgIpc) is 3.31. The third kappa shape index (κ3) is 6.22. The van der Waals surface area contributed by atoms with E-state index in [1.165, 1.54) is 16.0 Å². The Bertz CT molecular complexity index is 1280. The molecule has 1 unspecified atom stereocenters. The van der Waals surface area contributed by atoms with Crippen LogP contribution < -0.4 is 0 Å². The summed E-state index contributed by atoms with van der Waals surface area (Å²) in [4.78, 5) is 32.3. The van der Waals surface area contributed by atoms with Crippen molar-refractivity contribution in [3.8, 4) is 0 Å². The van der Waals surface area contributed by atoms with Crippen molar-refractivity contribution in [2.24, 2.45) is 5.92 Å². The van der Waals surface area contributed by atoms with Crippen molar-refractivity contribution in [2.45, 2.75) is 52.5 Å². The molecule has 0 saturated heterocycles. The van der Waals surface area contributed by atoms with Crippen LogP contribution in [0.4, 0.5) is 0 Å². The number of carbonyl (C=O) groups excluding carboxylic acids is 2. The van der Waals surface area contributed by atoms with Crippen LogP contribution in [0.2, 0.25) is 10.0 Å². The number of carbonyl (C=O) groups is 2. The molecule has 37 heavy (non-hydrogen) atoms. The molecule has 196 valence electrons. The van der Waals surface area contributed by atoms with Gasteiger partial charge in [-0.3, -0.25) is 9.59 Å². The van der Waals surface area contributed by atoms with Gasteiger partial charge in [0, 0.05) is 23.0 Å². The number of thiophene rings is 1. The topological polar surface area (TPSA) is 40.6 Å². The molecule has 0 aliphatic carbocycles. The summed E-state index contributed by atoms with van der Waals surface area (Å²) in [5, 5.41) is 2.86. The molecule has 0 N–H and O–H groups in total. The molecule has 2 heterocycles. The van der Waals surface area contributed by atoms with Gasteiger partial charge in [-0.15, -0.1) is 11.3 Å². The highest BCUT2D eigenvalue weighted by molar-refractivity contribution is 7.10. The van der Waals surface area contributed by atoms with E-state index >= 15 is 0 Å². The van der Waals surface area contributed by atoms with E-state index in [1.807, 2.05) is 18.7 Å². The molecule has 0 bridgehead atoms. The van der Waals surface area contributed by atoms with Crippen LogP contribution in [0.5, 0.6) is 0 Å². The minimum absolute atomic E-state index is 0.00792. The van der Waals surface area contributed by atoms with Crippen molar-refractivity contribution in [3.05, 3.63) is 91.1 Å². The first kappa shape index (κ1) is 27.7. The van der Waals surface area contributed by atoms with Gasteiger partial charge < -0.3 is 9.80 Å². The van der Waals surface area contributed by atoms with Crippen molar-refractivity contribution in [3.63, 3.8) is 0 Å². The second kappa shape index (κ2) is 11.2. The van der Waals surface area contributed by atoms with Crippen LogP contribution in [0.15, 0.2) is 53.9 Å². The van der Waals surface area contributed by atoms with E-state index in [0.29, 0.717) is 23.7 Å². The molecule has 0 fully saturated rings. The maximum absolute atomic E-state index is 13.9. The summed E-state index contributed by atoms with van der Waals surface area (Å²) in [5.74, 6) is -0.141. The molecule has 3 aromatic rings. The zero-order valence-electron chi connectivity index (χ0n) is 22.1. The first-order chi connectivity index (χ1) is 17.5. The van der Waals surface area contributed by atoms with Crippen LogP contribution in [0.1, 0.15) is 72.6 Å². The van der Waals surface area contributed by atoms with E-state index in [9.17, 15) is 9.59 Å². The zero-order chi connectivity index (χ0) is 26.9. The van der Waals surface area contributed by atoms with Crippen molar-refractivity contribution >= 4 is 46.4 Å². The zero-order valence-corrected chi connectivity index (χ0v) is 24.4. The fourth-order valence-electron chi connectivity index (χ4n) is 4.86. The molecule has 1 aliphatic rings. The van der Waals surface area contributed by atoms with Gasteiger partial charge in [-0.05, 0) is 64.1 Å². The molecule has 1 aliphatic heterocycles. The van der Waals surface area contributed by atoms with Crippen molar-refractivity contribution in [1.29, 1.82) is 0 Å². The number of halogens is 2. The lowest BCUT2D eigenvalue weighted by Gasteiger charge is -2.38. The number of rotatable bonds is 6. The minimum atomic E-state index is -0.261. The fourth-order valence-corrected chi connectivity index (χ4v) is 6.25. The molecule has 1 aromatic heterocycles. The van der Waals surface area contributed by atoms with Gasteiger partial charge in [-0.1, -0.05) is 82.1 Å². The number of benzene rings is 2. The van der Waals surface area contributed by atoms with Gasteiger partial charge in [-0.2, -0.15) is 0 Å². The Morgan fingerprint density at radius 2 is 1.78 bits per heavy atom. The van der Waals surface area contributed by atoms with E-state index in [0.717, 1.165) is 12.0 Å². The van der Waals surface area contributed by atoms with Gasteiger partial charge in [-0.25, -0.2) is 0 Å². The quantitative estimate of drug-likeness (QED) is 0.313. The predicted octanol–water partition coefficient (Wildman–Crippen LogP) is 7.62. The number of hydrogen-bond donors (Lipinski definition) is 0. The van der Waals surface area contributed by atoms with Crippen molar-refractivity contribution in [2.75, 3.05) is 19.6 Å². The fraction of sp³-hybridized carbons (Fsp3) is 0.400. The molecule has 1 atom stereocenters. The molecule has 2 aromatic carbocycles. The van der Waals surface area contributed by atoms with Crippen LogP contribution in [-0.4, -0.2) is 41.2 Å². The summed E-state index contributed by atoms with van der Waals surface area (Å²) in [6.45, 7) is 11.7. The number of fused-ring (bicyclic) bond motifs is 1. The Morgan fingerprint density at radius 1 is 1.08 bits per heavy atom. The Hall–Kier alpha value is -2.34. The third-order valence-corrected chi connectivity index (χ3v) is 8.28. The molecule has 0 saturated carbocycles. The molecule has 0 spiro atoms. The lowest BCUT2D eigenvalue weighted by Crippen LogP contribution is -2.47. The number of hydrogen-bond acceptors (Lipinski definition) is 3. The summed E-state index contributed by atoms with van der Waals surface area (Å²) in [7, 11) is 0. The highest BCUT2D eigenvalue weighted by Gasteiger charge is 2.34. The van der Waals surface area contributed by atoms with Crippen molar-refractivity contribution in [1.82, 2.24) is 9.80 Å². The van der Waals surface area contributed by atoms with Crippen LogP contribution in [0.3, 0.4) is 0 Å². The van der Waals surface area contributed by atoms with Crippen molar-refractivity contribution < 1.29 is 9.59 Å². The van der Waals surface area contributed by atoms with Gasteiger partial charge in [0.15, 0.2) is 0 Å². The van der Waals surface area contributed by atoms with Gasteiger partial charge in [0.2, 0.25) is 5.91 Å². The van der Waals surface area contributed by atoms with Gasteiger partial charge in [0.05, 0.1) is 16.6 Å². The van der Waals surface area contributed by atoms with Crippen LogP contribution >= 0.6 is 34.5 Å². The monoisotopic (exact) mass is 556 g/mol. The lowest BCUT2D eigenvalue weighted by atomic mass is 9.85. The summed E-state index contributed by atoms with van der Waals surface area (Å²) in [5.41, 5.74) is 3.92. The molecular weight excluding hydrogens is 523 g/mol.